The second-order valence-corrected chi connectivity index (χ2v) is 6.40. The average molecular weight is 300 g/mol. The number of hydrogen-bond donors (Lipinski definition) is 1. The van der Waals surface area contributed by atoms with Crippen molar-refractivity contribution in [2.24, 2.45) is 0 Å². The molecule has 1 aromatic heterocycles. The number of benzene rings is 1. The number of nitrogens with zero attached hydrogens (tertiary/aromatic N) is 1. The van der Waals surface area contributed by atoms with Crippen molar-refractivity contribution >= 4 is 11.8 Å². The van der Waals surface area contributed by atoms with Crippen LogP contribution in [0.3, 0.4) is 0 Å². The molecular formula is C18H24N2S. The van der Waals surface area contributed by atoms with E-state index in [-0.39, 0.29) is 0 Å². The number of hydrogen-bond acceptors (Lipinski definition) is 3. The third-order valence-electron chi connectivity index (χ3n) is 3.42. The number of pyridine rings is 1. The average Bonchev–Trinajstić information content (AvgIpc) is 2.52. The summed E-state index contributed by atoms with van der Waals surface area (Å²) >= 11 is 1.76. The fourth-order valence-corrected chi connectivity index (χ4v) is 2.96. The van der Waals surface area contributed by atoms with E-state index >= 15 is 0 Å². The largest absolute Gasteiger partial charge is 0.309 e. The zero-order valence-electron chi connectivity index (χ0n) is 13.1. The normalized spacial score (nSPS) is 12.3. The lowest BCUT2D eigenvalue weighted by molar-refractivity contribution is 0.507. The maximum Gasteiger partial charge on any atom is 0.0573 e. The van der Waals surface area contributed by atoms with E-state index in [9.17, 15) is 0 Å². The van der Waals surface area contributed by atoms with Crippen molar-refractivity contribution in [3.63, 3.8) is 0 Å². The second kappa shape index (κ2) is 8.20. The highest BCUT2D eigenvalue weighted by Gasteiger charge is 2.09. The minimum absolute atomic E-state index is 0.364. The molecule has 1 unspecified atom stereocenters. The van der Waals surface area contributed by atoms with Crippen LogP contribution < -0.4 is 5.32 Å². The first-order chi connectivity index (χ1) is 10.2. The van der Waals surface area contributed by atoms with Gasteiger partial charge in [0.15, 0.2) is 0 Å². The SMILES string of the molecule is CCCNC(CC)c1ccc(Sc2ccc(C)cc2)cn1. The summed E-state index contributed by atoms with van der Waals surface area (Å²) in [6.07, 6.45) is 4.20. The molecule has 0 saturated carbocycles. The molecule has 0 amide bonds. The van der Waals surface area contributed by atoms with E-state index in [1.165, 1.54) is 15.4 Å². The summed E-state index contributed by atoms with van der Waals surface area (Å²) in [7, 11) is 0. The topological polar surface area (TPSA) is 24.9 Å². The van der Waals surface area contributed by atoms with Crippen LogP contribution in [0.4, 0.5) is 0 Å². The quantitative estimate of drug-likeness (QED) is 0.779. The predicted octanol–water partition coefficient (Wildman–Crippen LogP) is 4.99. The van der Waals surface area contributed by atoms with Gasteiger partial charge in [-0.05, 0) is 50.6 Å². The van der Waals surface area contributed by atoms with E-state index in [0.29, 0.717) is 6.04 Å². The van der Waals surface area contributed by atoms with Crippen molar-refractivity contribution in [3.05, 3.63) is 53.9 Å². The summed E-state index contributed by atoms with van der Waals surface area (Å²) in [5.74, 6) is 0. The highest BCUT2D eigenvalue weighted by atomic mass is 32.2. The van der Waals surface area contributed by atoms with Gasteiger partial charge in [0.1, 0.15) is 0 Å². The zero-order chi connectivity index (χ0) is 15.1. The van der Waals surface area contributed by atoms with Crippen molar-refractivity contribution < 1.29 is 0 Å². The van der Waals surface area contributed by atoms with Crippen molar-refractivity contribution in [3.8, 4) is 0 Å². The Morgan fingerprint density at radius 1 is 1.05 bits per heavy atom. The molecule has 0 radical (unpaired) electrons. The lowest BCUT2D eigenvalue weighted by atomic mass is 10.1. The minimum atomic E-state index is 0.364. The molecule has 0 saturated heterocycles. The van der Waals surface area contributed by atoms with Gasteiger partial charge in [-0.2, -0.15) is 0 Å². The monoisotopic (exact) mass is 300 g/mol. The molecule has 1 aromatic carbocycles. The van der Waals surface area contributed by atoms with Crippen LogP contribution in [0.1, 0.15) is 44.0 Å². The molecule has 0 fully saturated rings. The fourth-order valence-electron chi connectivity index (χ4n) is 2.18. The smallest absolute Gasteiger partial charge is 0.0573 e. The van der Waals surface area contributed by atoms with Crippen LogP contribution in [0.5, 0.6) is 0 Å². The third kappa shape index (κ3) is 4.87. The number of aryl methyl sites for hydroxylation is 1. The first-order valence-corrected chi connectivity index (χ1v) is 8.48. The Hall–Kier alpha value is -1.32. The van der Waals surface area contributed by atoms with Gasteiger partial charge in [0.2, 0.25) is 0 Å². The number of nitrogens with one attached hydrogen (secondary N) is 1. The minimum Gasteiger partial charge on any atom is -0.309 e. The summed E-state index contributed by atoms with van der Waals surface area (Å²) in [4.78, 5) is 7.08. The molecule has 3 heteroatoms. The fraction of sp³-hybridized carbons (Fsp3) is 0.389. The van der Waals surface area contributed by atoms with Crippen molar-refractivity contribution in [2.75, 3.05) is 6.54 Å². The van der Waals surface area contributed by atoms with Crippen LogP contribution >= 0.6 is 11.8 Å². The van der Waals surface area contributed by atoms with Crippen LogP contribution in [0.25, 0.3) is 0 Å². The van der Waals surface area contributed by atoms with Gasteiger partial charge in [-0.3, -0.25) is 4.98 Å². The van der Waals surface area contributed by atoms with Crippen LogP contribution in [-0.4, -0.2) is 11.5 Å². The van der Waals surface area contributed by atoms with E-state index in [0.717, 1.165) is 25.1 Å². The molecule has 0 aliphatic carbocycles. The molecule has 0 aliphatic rings. The third-order valence-corrected chi connectivity index (χ3v) is 4.41. The van der Waals surface area contributed by atoms with Crippen molar-refractivity contribution in [2.45, 2.75) is 49.4 Å². The molecular weight excluding hydrogens is 276 g/mol. The van der Waals surface area contributed by atoms with Crippen molar-refractivity contribution in [1.29, 1.82) is 0 Å². The Bertz CT molecular complexity index is 534. The molecule has 21 heavy (non-hydrogen) atoms. The van der Waals surface area contributed by atoms with Crippen molar-refractivity contribution in [1.82, 2.24) is 10.3 Å². The van der Waals surface area contributed by atoms with Gasteiger partial charge in [-0.25, -0.2) is 0 Å². The molecule has 0 spiro atoms. The highest BCUT2D eigenvalue weighted by Crippen LogP contribution is 2.28. The first-order valence-electron chi connectivity index (χ1n) is 7.66. The van der Waals surface area contributed by atoms with Gasteiger partial charge in [-0.1, -0.05) is 43.3 Å². The Kier molecular flexibility index (Phi) is 6.27. The molecule has 2 nitrogen and oxygen atoms in total. The van der Waals surface area contributed by atoms with E-state index in [4.69, 9.17) is 0 Å². The summed E-state index contributed by atoms with van der Waals surface area (Å²) in [5, 5.41) is 3.54. The Morgan fingerprint density at radius 2 is 1.76 bits per heavy atom. The van der Waals surface area contributed by atoms with E-state index in [1.807, 2.05) is 6.20 Å². The first kappa shape index (κ1) is 16.1. The van der Waals surface area contributed by atoms with Gasteiger partial charge < -0.3 is 5.32 Å². The summed E-state index contributed by atoms with van der Waals surface area (Å²) in [5.41, 5.74) is 2.43. The van der Waals surface area contributed by atoms with Gasteiger partial charge in [0.05, 0.1) is 5.69 Å². The Balaban J connectivity index is 2.02. The molecule has 0 aliphatic heterocycles. The Morgan fingerprint density at radius 3 is 2.33 bits per heavy atom. The molecule has 1 N–H and O–H groups in total. The van der Waals surface area contributed by atoms with E-state index in [1.54, 1.807) is 11.8 Å². The van der Waals surface area contributed by atoms with Gasteiger partial charge in [0, 0.05) is 22.0 Å². The van der Waals surface area contributed by atoms with E-state index in [2.05, 4.69) is 67.5 Å². The number of rotatable bonds is 7. The van der Waals surface area contributed by atoms with Gasteiger partial charge in [0.25, 0.3) is 0 Å². The zero-order valence-corrected chi connectivity index (χ0v) is 13.9. The highest BCUT2D eigenvalue weighted by molar-refractivity contribution is 7.99. The summed E-state index contributed by atoms with van der Waals surface area (Å²) in [6, 6.07) is 13.3. The lowest BCUT2D eigenvalue weighted by Crippen LogP contribution is -2.22. The standard InChI is InChI=1S/C18H24N2S/c1-4-12-19-17(5-2)18-11-10-16(13-20-18)21-15-8-6-14(3)7-9-15/h6-11,13,17,19H,4-5,12H2,1-3H3. The lowest BCUT2D eigenvalue weighted by Gasteiger charge is -2.16. The van der Waals surface area contributed by atoms with E-state index < -0.39 is 0 Å². The predicted molar refractivity (Wildman–Crippen MR) is 90.9 cm³/mol. The molecule has 1 atom stereocenters. The maximum atomic E-state index is 4.63. The van der Waals surface area contributed by atoms with Gasteiger partial charge >= 0.3 is 0 Å². The van der Waals surface area contributed by atoms with Crippen LogP contribution in [-0.2, 0) is 0 Å². The second-order valence-electron chi connectivity index (χ2n) is 5.25. The summed E-state index contributed by atoms with van der Waals surface area (Å²) < 4.78 is 0. The Labute approximate surface area is 132 Å². The number of aromatic nitrogens is 1. The maximum absolute atomic E-state index is 4.63. The van der Waals surface area contributed by atoms with Crippen LogP contribution in [0.2, 0.25) is 0 Å². The molecule has 112 valence electrons. The molecule has 1 heterocycles. The van der Waals surface area contributed by atoms with Crippen LogP contribution in [0.15, 0.2) is 52.4 Å². The summed E-state index contributed by atoms with van der Waals surface area (Å²) in [6.45, 7) is 7.54. The molecule has 2 rings (SSSR count). The van der Waals surface area contributed by atoms with Gasteiger partial charge in [-0.15, -0.1) is 0 Å². The molecule has 2 aromatic rings. The van der Waals surface area contributed by atoms with Crippen LogP contribution in [0, 0.1) is 6.92 Å². The molecule has 0 bridgehead atoms.